The molecular formula is C14H22Si. The minimum Gasteiger partial charge on any atom is -0.0939 e. The minimum atomic E-state index is -1.07. The molecule has 0 aliphatic rings. The van der Waals surface area contributed by atoms with Crippen LogP contribution in [-0.2, 0) is 0 Å². The standard InChI is InChI=1S/C14H22Si/c1-5-15(4,6-2)12-11-14-9-7-13(3)8-10-14/h7-12H,5-6H2,1-4H3/b12-11+. The number of rotatable bonds is 4. The SMILES string of the molecule is CC[Si](C)(/C=C/c1ccc(C)cc1)CC. The van der Waals surface area contributed by atoms with E-state index in [1.54, 1.807) is 0 Å². The van der Waals surface area contributed by atoms with Gasteiger partial charge in [0.05, 0.1) is 8.07 Å². The maximum atomic E-state index is 2.48. The van der Waals surface area contributed by atoms with Crippen LogP contribution in [0.1, 0.15) is 25.0 Å². The Labute approximate surface area is 95.0 Å². The van der Waals surface area contributed by atoms with Gasteiger partial charge in [-0.05, 0) is 12.5 Å². The Morgan fingerprint density at radius 2 is 1.60 bits per heavy atom. The fourth-order valence-electron chi connectivity index (χ4n) is 1.46. The molecule has 0 nitrogen and oxygen atoms in total. The molecule has 1 rings (SSSR count). The van der Waals surface area contributed by atoms with Crippen molar-refractivity contribution in [3.05, 3.63) is 41.1 Å². The van der Waals surface area contributed by atoms with Crippen LogP contribution < -0.4 is 0 Å². The molecular weight excluding hydrogens is 196 g/mol. The molecule has 0 saturated heterocycles. The first-order valence-electron chi connectivity index (χ1n) is 5.85. The Bertz CT molecular complexity index is 318. The number of benzene rings is 1. The summed E-state index contributed by atoms with van der Waals surface area (Å²) in [5.74, 6) is 0. The van der Waals surface area contributed by atoms with Gasteiger partial charge in [0.2, 0.25) is 0 Å². The third kappa shape index (κ3) is 3.67. The summed E-state index contributed by atoms with van der Waals surface area (Å²) < 4.78 is 0. The molecule has 0 radical (unpaired) electrons. The Morgan fingerprint density at radius 3 is 2.07 bits per heavy atom. The van der Waals surface area contributed by atoms with E-state index in [0.717, 1.165) is 0 Å². The van der Waals surface area contributed by atoms with E-state index >= 15 is 0 Å². The van der Waals surface area contributed by atoms with E-state index in [1.165, 1.54) is 23.2 Å². The lowest BCUT2D eigenvalue weighted by atomic mass is 10.2. The quantitative estimate of drug-likeness (QED) is 0.644. The molecule has 0 aliphatic heterocycles. The highest BCUT2D eigenvalue weighted by molar-refractivity contribution is 6.83. The first kappa shape index (κ1) is 12.2. The van der Waals surface area contributed by atoms with Gasteiger partial charge >= 0.3 is 0 Å². The lowest BCUT2D eigenvalue weighted by molar-refractivity contribution is 1.27. The van der Waals surface area contributed by atoms with E-state index in [1.807, 2.05) is 0 Å². The molecule has 0 saturated carbocycles. The first-order chi connectivity index (χ1) is 7.09. The average Bonchev–Trinajstić information content (AvgIpc) is 2.28. The fraction of sp³-hybridized carbons (Fsp3) is 0.429. The maximum absolute atomic E-state index is 2.48. The van der Waals surface area contributed by atoms with Gasteiger partial charge in [0, 0.05) is 0 Å². The Balaban J connectivity index is 2.76. The predicted molar refractivity (Wildman–Crippen MR) is 72.8 cm³/mol. The van der Waals surface area contributed by atoms with Crippen molar-refractivity contribution in [1.82, 2.24) is 0 Å². The zero-order chi connectivity index (χ0) is 11.3. The molecule has 1 aromatic rings. The van der Waals surface area contributed by atoms with Crippen molar-refractivity contribution >= 4 is 14.1 Å². The third-order valence-electron chi connectivity index (χ3n) is 3.37. The fourth-order valence-corrected chi connectivity index (χ4v) is 3.03. The molecule has 0 unspecified atom stereocenters. The van der Waals surface area contributed by atoms with E-state index < -0.39 is 8.07 Å². The highest BCUT2D eigenvalue weighted by Gasteiger charge is 2.17. The summed E-state index contributed by atoms with van der Waals surface area (Å²) in [6.07, 6.45) is 2.30. The van der Waals surface area contributed by atoms with Gasteiger partial charge in [0.1, 0.15) is 0 Å². The van der Waals surface area contributed by atoms with Gasteiger partial charge in [-0.25, -0.2) is 0 Å². The van der Waals surface area contributed by atoms with Crippen LogP contribution in [0.4, 0.5) is 0 Å². The third-order valence-corrected chi connectivity index (χ3v) is 7.57. The molecule has 0 fully saturated rings. The van der Waals surface area contributed by atoms with Gasteiger partial charge in [0.15, 0.2) is 0 Å². The van der Waals surface area contributed by atoms with Crippen LogP contribution in [-0.4, -0.2) is 8.07 Å². The average molecular weight is 218 g/mol. The normalized spacial score (nSPS) is 12.3. The van der Waals surface area contributed by atoms with Crippen molar-refractivity contribution in [3.63, 3.8) is 0 Å². The molecule has 0 aromatic heterocycles. The molecule has 0 bridgehead atoms. The molecule has 1 aromatic carbocycles. The van der Waals surface area contributed by atoms with Gasteiger partial charge in [-0.2, -0.15) is 0 Å². The van der Waals surface area contributed by atoms with Gasteiger partial charge < -0.3 is 0 Å². The second-order valence-corrected chi connectivity index (χ2v) is 9.66. The number of hydrogen-bond acceptors (Lipinski definition) is 0. The minimum absolute atomic E-state index is 1.07. The smallest absolute Gasteiger partial charge is 0.0742 e. The summed E-state index contributed by atoms with van der Waals surface area (Å²) in [5, 5.41) is 0. The Hall–Kier alpha value is -0.823. The molecule has 0 N–H and O–H groups in total. The zero-order valence-corrected chi connectivity index (χ0v) is 11.4. The van der Waals surface area contributed by atoms with E-state index in [4.69, 9.17) is 0 Å². The summed E-state index contributed by atoms with van der Waals surface area (Å²) in [6.45, 7) is 9.21. The van der Waals surface area contributed by atoms with Crippen molar-refractivity contribution in [2.75, 3.05) is 0 Å². The number of hydrogen-bond donors (Lipinski definition) is 0. The van der Waals surface area contributed by atoms with Crippen molar-refractivity contribution in [3.8, 4) is 0 Å². The molecule has 0 atom stereocenters. The van der Waals surface area contributed by atoms with E-state index in [-0.39, 0.29) is 0 Å². The summed E-state index contributed by atoms with van der Waals surface area (Å²) in [5.41, 5.74) is 5.15. The molecule has 15 heavy (non-hydrogen) atoms. The van der Waals surface area contributed by atoms with Gasteiger partial charge in [-0.1, -0.05) is 74.1 Å². The van der Waals surface area contributed by atoms with Crippen LogP contribution in [0.5, 0.6) is 0 Å². The van der Waals surface area contributed by atoms with Crippen LogP contribution >= 0.6 is 0 Å². The molecule has 0 amide bonds. The molecule has 0 aliphatic carbocycles. The monoisotopic (exact) mass is 218 g/mol. The van der Waals surface area contributed by atoms with Crippen LogP contribution in [0, 0.1) is 6.92 Å². The summed E-state index contributed by atoms with van der Waals surface area (Å²) >= 11 is 0. The zero-order valence-electron chi connectivity index (χ0n) is 10.4. The number of aryl methyl sites for hydroxylation is 1. The van der Waals surface area contributed by atoms with Crippen LogP contribution in [0.3, 0.4) is 0 Å². The van der Waals surface area contributed by atoms with Gasteiger partial charge in [-0.3, -0.25) is 0 Å². The van der Waals surface area contributed by atoms with E-state index in [9.17, 15) is 0 Å². The lowest BCUT2D eigenvalue weighted by Crippen LogP contribution is -2.24. The van der Waals surface area contributed by atoms with Gasteiger partial charge in [0.25, 0.3) is 0 Å². The Kier molecular flexibility index (Phi) is 4.34. The predicted octanol–water partition coefficient (Wildman–Crippen LogP) is 4.67. The van der Waals surface area contributed by atoms with E-state index in [2.05, 4.69) is 63.4 Å². The molecule has 82 valence electrons. The van der Waals surface area contributed by atoms with Crippen LogP contribution in [0.25, 0.3) is 6.08 Å². The van der Waals surface area contributed by atoms with Crippen molar-refractivity contribution in [2.24, 2.45) is 0 Å². The summed E-state index contributed by atoms with van der Waals surface area (Å²) in [6, 6.07) is 11.4. The second-order valence-electron chi connectivity index (χ2n) is 4.61. The molecule has 0 spiro atoms. The van der Waals surface area contributed by atoms with Crippen LogP contribution in [0.2, 0.25) is 18.6 Å². The topological polar surface area (TPSA) is 0 Å². The highest BCUT2D eigenvalue weighted by Crippen LogP contribution is 2.17. The maximum Gasteiger partial charge on any atom is 0.0742 e. The second kappa shape index (κ2) is 5.31. The highest BCUT2D eigenvalue weighted by atomic mass is 28.3. The van der Waals surface area contributed by atoms with Crippen molar-refractivity contribution in [1.29, 1.82) is 0 Å². The first-order valence-corrected chi connectivity index (χ1v) is 8.84. The summed E-state index contributed by atoms with van der Waals surface area (Å²) in [7, 11) is -1.07. The molecule has 0 heterocycles. The van der Waals surface area contributed by atoms with Crippen LogP contribution in [0.15, 0.2) is 30.0 Å². The van der Waals surface area contributed by atoms with Crippen molar-refractivity contribution < 1.29 is 0 Å². The van der Waals surface area contributed by atoms with Gasteiger partial charge in [-0.15, -0.1) is 0 Å². The van der Waals surface area contributed by atoms with E-state index in [0.29, 0.717) is 0 Å². The lowest BCUT2D eigenvalue weighted by Gasteiger charge is -2.18. The molecule has 1 heteroatoms. The largest absolute Gasteiger partial charge is 0.0939 e. The Morgan fingerprint density at radius 1 is 1.07 bits per heavy atom. The summed E-state index contributed by atoms with van der Waals surface area (Å²) in [4.78, 5) is 0. The van der Waals surface area contributed by atoms with Crippen molar-refractivity contribution in [2.45, 2.75) is 39.4 Å².